The molecule has 178 valence electrons. The van der Waals surface area contributed by atoms with Gasteiger partial charge < -0.3 is 0 Å². The highest BCUT2D eigenvalue weighted by Gasteiger charge is 2.22. The van der Waals surface area contributed by atoms with Crippen LogP contribution in [0.5, 0.6) is 0 Å². The van der Waals surface area contributed by atoms with Crippen molar-refractivity contribution in [1.82, 2.24) is 14.1 Å². The first kappa shape index (κ1) is 24.0. The van der Waals surface area contributed by atoms with Gasteiger partial charge in [-0.15, -0.1) is 22.7 Å². The average Bonchev–Trinajstić information content (AvgIpc) is 3.52. The third-order valence-corrected chi connectivity index (χ3v) is 9.95. The number of nitrogens with one attached hydrogen (secondary N) is 1. The van der Waals surface area contributed by atoms with Gasteiger partial charge >= 0.3 is 0 Å². The number of carbonyl (C=O) groups is 1. The van der Waals surface area contributed by atoms with E-state index in [9.17, 15) is 13.2 Å². The highest BCUT2D eigenvalue weighted by atomic mass is 35.5. The molecular weight excluding hydrogens is 545 g/mol. The van der Waals surface area contributed by atoms with E-state index >= 15 is 0 Å². The number of hydrogen-bond acceptors (Lipinski definition) is 6. The number of sulfonamides is 1. The predicted octanol–water partition coefficient (Wildman–Crippen LogP) is 6.53. The number of aromatic nitrogens is 2. The Balaban J connectivity index is 1.33. The molecule has 11 heteroatoms. The molecule has 5 rings (SSSR count). The number of thiophene rings is 1. The summed E-state index contributed by atoms with van der Waals surface area (Å²) in [6, 6.07) is 15.6. The van der Waals surface area contributed by atoms with E-state index in [0.29, 0.717) is 6.42 Å². The molecule has 1 N–H and O–H groups in total. The summed E-state index contributed by atoms with van der Waals surface area (Å²) in [5.41, 5.74) is 2.84. The van der Waals surface area contributed by atoms with Crippen LogP contribution in [-0.4, -0.2) is 23.7 Å². The minimum atomic E-state index is -4.03. The zero-order valence-corrected chi connectivity index (χ0v) is 21.9. The Morgan fingerprint density at radius 1 is 1.11 bits per heavy atom. The molecule has 0 unspecified atom stereocenters. The summed E-state index contributed by atoms with van der Waals surface area (Å²) in [5.74, 6) is -0.613. The minimum absolute atomic E-state index is 0.0113. The number of rotatable bonds is 7. The van der Waals surface area contributed by atoms with Gasteiger partial charge in [-0.25, -0.2) is 18.1 Å². The molecule has 5 aromatic rings. The van der Waals surface area contributed by atoms with Crippen LogP contribution in [0.4, 0.5) is 0 Å². The predicted molar refractivity (Wildman–Crippen MR) is 144 cm³/mol. The van der Waals surface area contributed by atoms with Gasteiger partial charge in [0.1, 0.15) is 8.55 Å². The Labute approximate surface area is 219 Å². The number of aryl methyl sites for hydroxylation is 1. The summed E-state index contributed by atoms with van der Waals surface area (Å²) < 4.78 is 29.0. The van der Waals surface area contributed by atoms with Crippen LogP contribution < -0.4 is 4.72 Å². The van der Waals surface area contributed by atoms with E-state index in [0.717, 1.165) is 44.0 Å². The molecule has 0 aliphatic carbocycles. The van der Waals surface area contributed by atoms with Crippen molar-refractivity contribution in [3.05, 3.63) is 86.4 Å². The second-order valence-corrected chi connectivity index (χ2v) is 12.5. The second-order valence-electron chi connectivity index (χ2n) is 7.65. The number of hydrogen-bond donors (Lipinski definition) is 1. The van der Waals surface area contributed by atoms with E-state index in [1.165, 1.54) is 17.4 Å². The van der Waals surface area contributed by atoms with Gasteiger partial charge in [-0.2, -0.15) is 0 Å². The van der Waals surface area contributed by atoms with Gasteiger partial charge in [0.05, 0.1) is 16.9 Å². The average molecular weight is 563 g/mol. The van der Waals surface area contributed by atoms with Crippen LogP contribution in [0.1, 0.15) is 23.4 Å². The number of halogens is 2. The molecule has 6 nitrogen and oxygen atoms in total. The summed E-state index contributed by atoms with van der Waals surface area (Å²) in [4.78, 5) is 17.7. The fourth-order valence-electron chi connectivity index (χ4n) is 3.70. The van der Waals surface area contributed by atoms with Gasteiger partial charge in [-0.3, -0.25) is 9.20 Å². The normalized spacial score (nSPS) is 12.2. The van der Waals surface area contributed by atoms with Crippen molar-refractivity contribution in [3.8, 4) is 0 Å². The number of carbonyl (C=O) groups excluding carboxylic acids is 1. The summed E-state index contributed by atoms with van der Waals surface area (Å²) in [7, 11) is -4.03. The van der Waals surface area contributed by atoms with Gasteiger partial charge in [0.15, 0.2) is 4.96 Å². The molecule has 2 aromatic carbocycles. The Bertz CT molecular complexity index is 1680. The zero-order chi connectivity index (χ0) is 24.6. The molecule has 0 bridgehead atoms. The molecular formula is C24H17Cl2N3O3S3. The molecule has 0 spiro atoms. The fraction of sp³-hybridized carbons (Fsp3) is 0.0833. The molecule has 3 aromatic heterocycles. The third-order valence-electron chi connectivity index (χ3n) is 5.35. The van der Waals surface area contributed by atoms with Crippen LogP contribution >= 0.6 is 45.9 Å². The Kier molecular flexibility index (Phi) is 6.69. The van der Waals surface area contributed by atoms with E-state index in [-0.39, 0.29) is 20.0 Å². The topological polar surface area (TPSA) is 80.5 Å². The van der Waals surface area contributed by atoms with Crippen LogP contribution in [0.15, 0.2) is 64.3 Å². The molecule has 0 saturated carbocycles. The van der Waals surface area contributed by atoms with Crippen LogP contribution in [0.3, 0.4) is 0 Å². The summed E-state index contributed by atoms with van der Waals surface area (Å²) in [5, 5.41) is 4.38. The third kappa shape index (κ3) is 5.00. The number of benzene rings is 2. The number of imidazole rings is 1. The van der Waals surface area contributed by atoms with E-state index in [1.807, 2.05) is 40.1 Å². The lowest BCUT2D eigenvalue weighted by Gasteiger charge is -2.05. The highest BCUT2D eigenvalue weighted by molar-refractivity contribution is 7.92. The van der Waals surface area contributed by atoms with Crippen molar-refractivity contribution in [2.45, 2.75) is 17.1 Å². The van der Waals surface area contributed by atoms with Crippen molar-refractivity contribution < 1.29 is 13.2 Å². The quantitative estimate of drug-likeness (QED) is 0.245. The lowest BCUT2D eigenvalue weighted by atomic mass is 10.0. The Morgan fingerprint density at radius 2 is 1.91 bits per heavy atom. The van der Waals surface area contributed by atoms with Crippen molar-refractivity contribution in [2.75, 3.05) is 0 Å². The zero-order valence-electron chi connectivity index (χ0n) is 17.9. The van der Waals surface area contributed by atoms with Crippen LogP contribution in [0.25, 0.3) is 27.9 Å². The van der Waals surface area contributed by atoms with E-state index in [4.69, 9.17) is 23.2 Å². The molecule has 3 heterocycles. The maximum atomic E-state index is 12.4. The number of fused-ring (bicyclic) bond motifs is 2. The molecule has 0 fully saturated rings. The van der Waals surface area contributed by atoms with Crippen molar-refractivity contribution in [3.63, 3.8) is 0 Å². The van der Waals surface area contributed by atoms with Crippen LogP contribution in [0, 0.1) is 0 Å². The molecule has 0 saturated heterocycles. The van der Waals surface area contributed by atoms with Gasteiger partial charge in [0.25, 0.3) is 10.0 Å². The SMILES string of the molecule is O=C(CCc1csc2ncc(C=Cc3cccc4ccccc34)n12)NS(=O)(=O)c1cc(Cl)c(Cl)s1. The van der Waals surface area contributed by atoms with Crippen molar-refractivity contribution in [1.29, 1.82) is 0 Å². The first-order valence-electron chi connectivity index (χ1n) is 10.4. The summed E-state index contributed by atoms with van der Waals surface area (Å²) in [6.07, 6.45) is 6.16. The molecule has 1 amide bonds. The van der Waals surface area contributed by atoms with Gasteiger partial charge in [-0.05, 0) is 34.9 Å². The standard InChI is InChI=1S/C24H17Cl2N3O3S3/c25-20-12-22(34-23(20)26)35(31,32)28-21(30)11-10-18-14-33-24-27-13-17(29(18)24)9-8-16-6-3-5-15-4-1-2-7-19(15)16/h1-9,12-14H,10-11H2,(H,28,30). The summed E-state index contributed by atoms with van der Waals surface area (Å²) in [6.45, 7) is 0. The van der Waals surface area contributed by atoms with Crippen LogP contribution in [0.2, 0.25) is 9.36 Å². The maximum absolute atomic E-state index is 12.4. The van der Waals surface area contributed by atoms with E-state index < -0.39 is 15.9 Å². The lowest BCUT2D eigenvalue weighted by Crippen LogP contribution is -2.30. The Morgan fingerprint density at radius 3 is 2.71 bits per heavy atom. The molecule has 0 atom stereocenters. The Hall–Kier alpha value is -2.69. The number of amides is 1. The van der Waals surface area contributed by atoms with Gasteiger partial charge in [0.2, 0.25) is 5.91 Å². The molecule has 0 aliphatic rings. The van der Waals surface area contributed by atoms with Gasteiger partial charge in [-0.1, -0.05) is 71.7 Å². The summed E-state index contributed by atoms with van der Waals surface area (Å²) >= 11 is 14.0. The molecule has 0 radical (unpaired) electrons. The smallest absolute Gasteiger partial charge is 0.273 e. The van der Waals surface area contributed by atoms with Crippen molar-refractivity contribution in [2.24, 2.45) is 0 Å². The molecule has 0 aliphatic heterocycles. The van der Waals surface area contributed by atoms with Crippen molar-refractivity contribution >= 4 is 89.7 Å². The minimum Gasteiger partial charge on any atom is -0.288 e. The van der Waals surface area contributed by atoms with E-state index in [2.05, 4.69) is 34.0 Å². The first-order valence-corrected chi connectivity index (χ1v) is 14.4. The fourth-order valence-corrected chi connectivity index (χ4v) is 7.50. The number of thiazole rings is 1. The van der Waals surface area contributed by atoms with Gasteiger partial charge in [0, 0.05) is 17.5 Å². The monoisotopic (exact) mass is 561 g/mol. The number of nitrogens with zero attached hydrogens (tertiary/aromatic N) is 2. The largest absolute Gasteiger partial charge is 0.288 e. The van der Waals surface area contributed by atoms with E-state index in [1.54, 1.807) is 6.20 Å². The first-order chi connectivity index (χ1) is 16.8. The lowest BCUT2D eigenvalue weighted by molar-refractivity contribution is -0.119. The second kappa shape index (κ2) is 9.75. The molecule has 35 heavy (non-hydrogen) atoms. The highest BCUT2D eigenvalue weighted by Crippen LogP contribution is 2.34. The van der Waals surface area contributed by atoms with Crippen LogP contribution in [-0.2, 0) is 21.2 Å². The maximum Gasteiger partial charge on any atom is 0.273 e.